The molecule has 80 valence electrons. The molecular weight excluding hydrogens is 194 g/mol. The van der Waals surface area contributed by atoms with E-state index in [0.29, 0.717) is 11.1 Å². The second kappa shape index (κ2) is 4.50. The summed E-state index contributed by atoms with van der Waals surface area (Å²) >= 11 is 0. The number of hydrogen-bond donors (Lipinski definition) is 2. The van der Waals surface area contributed by atoms with E-state index in [1.165, 1.54) is 13.2 Å². The Bertz CT molecular complexity index is 410. The normalized spacial score (nSPS) is 11.2. The quantitative estimate of drug-likeness (QED) is 0.334. The number of ether oxygens (including phenoxy) is 1. The Labute approximate surface area is 88.0 Å². The summed E-state index contributed by atoms with van der Waals surface area (Å²) < 4.78 is 4.53. The minimum Gasteiger partial charge on any atom is -0.505 e. The van der Waals surface area contributed by atoms with Crippen molar-refractivity contribution in [1.29, 1.82) is 0 Å². The smallest absolute Gasteiger partial charge is 0.333 e. The van der Waals surface area contributed by atoms with E-state index >= 15 is 0 Å². The number of rotatable bonds is 2. The predicted octanol–water partition coefficient (Wildman–Crippen LogP) is 1.55. The number of nitrogen functional groups attached to an aromatic ring is 1. The van der Waals surface area contributed by atoms with Crippen LogP contribution in [0.1, 0.15) is 12.5 Å². The molecule has 0 unspecified atom stereocenters. The highest BCUT2D eigenvalue weighted by molar-refractivity contribution is 5.93. The minimum atomic E-state index is -0.433. The van der Waals surface area contributed by atoms with Crippen molar-refractivity contribution in [2.24, 2.45) is 0 Å². The summed E-state index contributed by atoms with van der Waals surface area (Å²) in [6.45, 7) is 1.61. The van der Waals surface area contributed by atoms with Crippen LogP contribution in [0.2, 0.25) is 0 Å². The van der Waals surface area contributed by atoms with E-state index < -0.39 is 5.97 Å². The molecule has 0 fully saturated rings. The lowest BCUT2D eigenvalue weighted by molar-refractivity contribution is -0.135. The van der Waals surface area contributed by atoms with Crippen molar-refractivity contribution in [3.63, 3.8) is 0 Å². The molecule has 0 aliphatic carbocycles. The number of aromatic hydroxyl groups is 1. The minimum absolute atomic E-state index is 0.0271. The molecule has 1 aromatic carbocycles. The van der Waals surface area contributed by atoms with Gasteiger partial charge in [0.15, 0.2) is 0 Å². The molecule has 1 aromatic rings. The number of nitrogens with two attached hydrogens (primary N) is 1. The number of anilines is 1. The van der Waals surface area contributed by atoms with Crippen molar-refractivity contribution in [2.75, 3.05) is 12.8 Å². The molecule has 0 heterocycles. The number of methoxy groups -OCH3 is 1. The van der Waals surface area contributed by atoms with E-state index in [9.17, 15) is 9.90 Å². The molecule has 0 aliphatic heterocycles. The highest BCUT2D eigenvalue weighted by Crippen LogP contribution is 2.26. The summed E-state index contributed by atoms with van der Waals surface area (Å²) in [4.78, 5) is 11.1. The average Bonchev–Trinajstić information content (AvgIpc) is 2.23. The van der Waals surface area contributed by atoms with Gasteiger partial charge in [-0.15, -0.1) is 0 Å². The number of phenolic OH excluding ortho intramolecular Hbond substituents is 1. The Morgan fingerprint density at radius 3 is 2.80 bits per heavy atom. The van der Waals surface area contributed by atoms with Gasteiger partial charge in [-0.3, -0.25) is 0 Å². The average molecular weight is 207 g/mol. The van der Waals surface area contributed by atoms with Crippen LogP contribution in [-0.2, 0) is 9.53 Å². The third-order valence-electron chi connectivity index (χ3n) is 1.98. The van der Waals surface area contributed by atoms with Crippen LogP contribution in [0.25, 0.3) is 6.08 Å². The molecule has 4 heteroatoms. The maximum absolute atomic E-state index is 11.1. The second-order valence-corrected chi connectivity index (χ2v) is 3.10. The molecule has 0 bridgehead atoms. The monoisotopic (exact) mass is 207 g/mol. The standard InChI is InChI=1S/C11H13NO3/c1-7(11(14)15-2)6-8-4-3-5-9(12)10(8)13/h3-6,13H,12H2,1-2H3. The van der Waals surface area contributed by atoms with E-state index in [2.05, 4.69) is 4.74 Å². The maximum atomic E-state index is 11.1. The zero-order chi connectivity index (χ0) is 11.4. The first-order valence-corrected chi connectivity index (χ1v) is 4.40. The van der Waals surface area contributed by atoms with Crippen molar-refractivity contribution in [1.82, 2.24) is 0 Å². The van der Waals surface area contributed by atoms with Crippen LogP contribution in [0.5, 0.6) is 5.75 Å². The first kappa shape index (κ1) is 11.1. The van der Waals surface area contributed by atoms with E-state index in [-0.39, 0.29) is 11.4 Å². The topological polar surface area (TPSA) is 72.5 Å². The van der Waals surface area contributed by atoms with Crippen LogP contribution >= 0.6 is 0 Å². The van der Waals surface area contributed by atoms with Crippen LogP contribution < -0.4 is 5.73 Å². The summed E-state index contributed by atoms with van der Waals surface area (Å²) in [6.07, 6.45) is 1.53. The van der Waals surface area contributed by atoms with Gasteiger partial charge in [0.1, 0.15) is 5.75 Å². The number of carbonyl (C=O) groups is 1. The highest BCUT2D eigenvalue weighted by Gasteiger charge is 2.06. The van der Waals surface area contributed by atoms with Gasteiger partial charge in [0, 0.05) is 11.1 Å². The maximum Gasteiger partial charge on any atom is 0.333 e. The molecule has 0 spiro atoms. The molecule has 0 aromatic heterocycles. The van der Waals surface area contributed by atoms with Crippen LogP contribution in [-0.4, -0.2) is 18.2 Å². The summed E-state index contributed by atoms with van der Waals surface area (Å²) in [7, 11) is 1.30. The van der Waals surface area contributed by atoms with E-state index in [0.717, 1.165) is 0 Å². The van der Waals surface area contributed by atoms with Crippen molar-refractivity contribution in [2.45, 2.75) is 6.92 Å². The SMILES string of the molecule is COC(=O)C(C)=Cc1cccc(N)c1O. The lowest BCUT2D eigenvalue weighted by Gasteiger charge is -2.03. The first-order chi connectivity index (χ1) is 7.06. The zero-order valence-electron chi connectivity index (χ0n) is 8.65. The lowest BCUT2D eigenvalue weighted by atomic mass is 10.1. The third kappa shape index (κ3) is 2.49. The molecule has 15 heavy (non-hydrogen) atoms. The van der Waals surface area contributed by atoms with E-state index in [1.54, 1.807) is 25.1 Å². The van der Waals surface area contributed by atoms with Crippen molar-refractivity contribution >= 4 is 17.7 Å². The van der Waals surface area contributed by atoms with Crippen molar-refractivity contribution in [3.8, 4) is 5.75 Å². The number of para-hydroxylation sites is 1. The van der Waals surface area contributed by atoms with Crippen LogP contribution in [0, 0.1) is 0 Å². The van der Waals surface area contributed by atoms with Crippen LogP contribution in [0.15, 0.2) is 23.8 Å². The van der Waals surface area contributed by atoms with Gasteiger partial charge in [-0.25, -0.2) is 4.79 Å². The molecule has 0 atom stereocenters. The lowest BCUT2D eigenvalue weighted by Crippen LogP contribution is -2.01. The fraction of sp³-hybridized carbons (Fsp3) is 0.182. The number of phenols is 1. The van der Waals surface area contributed by atoms with Crippen molar-refractivity contribution in [3.05, 3.63) is 29.3 Å². The van der Waals surface area contributed by atoms with Gasteiger partial charge in [-0.05, 0) is 19.1 Å². The Kier molecular flexibility index (Phi) is 3.33. The largest absolute Gasteiger partial charge is 0.505 e. The van der Waals surface area contributed by atoms with Gasteiger partial charge in [0.25, 0.3) is 0 Å². The van der Waals surface area contributed by atoms with Gasteiger partial charge in [-0.2, -0.15) is 0 Å². The number of carbonyl (C=O) groups excluding carboxylic acids is 1. The summed E-state index contributed by atoms with van der Waals surface area (Å²) in [5.41, 5.74) is 6.69. The predicted molar refractivity (Wildman–Crippen MR) is 58.2 cm³/mol. The summed E-state index contributed by atoms with van der Waals surface area (Å²) in [5, 5.41) is 9.58. The number of benzene rings is 1. The van der Waals surface area contributed by atoms with Gasteiger partial charge in [-0.1, -0.05) is 12.1 Å². The van der Waals surface area contributed by atoms with E-state index in [1.807, 2.05) is 0 Å². The van der Waals surface area contributed by atoms with Gasteiger partial charge >= 0.3 is 5.97 Å². The van der Waals surface area contributed by atoms with Gasteiger partial charge in [0.05, 0.1) is 12.8 Å². The fourth-order valence-corrected chi connectivity index (χ4v) is 1.15. The Hall–Kier alpha value is -1.97. The second-order valence-electron chi connectivity index (χ2n) is 3.10. The fourth-order valence-electron chi connectivity index (χ4n) is 1.15. The van der Waals surface area contributed by atoms with E-state index in [4.69, 9.17) is 5.73 Å². The molecule has 0 saturated heterocycles. The molecule has 0 amide bonds. The molecule has 4 nitrogen and oxygen atoms in total. The number of esters is 1. The highest BCUT2D eigenvalue weighted by atomic mass is 16.5. The Balaban J connectivity index is 3.08. The molecule has 0 radical (unpaired) electrons. The molecule has 3 N–H and O–H groups in total. The molecular formula is C11H13NO3. The Morgan fingerprint density at radius 2 is 2.20 bits per heavy atom. The van der Waals surface area contributed by atoms with Crippen LogP contribution in [0.3, 0.4) is 0 Å². The number of hydrogen-bond acceptors (Lipinski definition) is 4. The molecule has 0 aliphatic rings. The molecule has 1 rings (SSSR count). The Morgan fingerprint density at radius 1 is 1.53 bits per heavy atom. The summed E-state index contributed by atoms with van der Waals surface area (Å²) in [6, 6.07) is 4.95. The first-order valence-electron chi connectivity index (χ1n) is 4.40. The summed E-state index contributed by atoms with van der Waals surface area (Å²) in [5.74, 6) is -0.461. The molecule has 0 saturated carbocycles. The third-order valence-corrected chi connectivity index (χ3v) is 1.98. The zero-order valence-corrected chi connectivity index (χ0v) is 8.65. The van der Waals surface area contributed by atoms with Gasteiger partial charge in [0.2, 0.25) is 0 Å². The van der Waals surface area contributed by atoms with Crippen LogP contribution in [0.4, 0.5) is 5.69 Å². The van der Waals surface area contributed by atoms with Crippen molar-refractivity contribution < 1.29 is 14.6 Å². The van der Waals surface area contributed by atoms with Gasteiger partial charge < -0.3 is 15.6 Å².